The van der Waals surface area contributed by atoms with Crippen molar-refractivity contribution in [2.45, 2.75) is 0 Å². The molecule has 5 nitrogen and oxygen atoms in total. The SMILES string of the molecule is c1ccc(-c2ccc(-c3nc(-c4ccc5ccccc5c4)nc(-c4ccc5sc6cc7nc(-c8ccc9ccccc9c8)oc7cc6c5c4)n3)cc2)cc1. The normalized spacial score (nSPS) is 11.7. The molecule has 0 N–H and O–H groups in total. The lowest BCUT2D eigenvalue weighted by atomic mass is 10.0. The largest absolute Gasteiger partial charge is 0.436 e. The highest BCUT2D eigenvalue weighted by molar-refractivity contribution is 7.25. The van der Waals surface area contributed by atoms with Crippen molar-refractivity contribution in [3.63, 3.8) is 0 Å². The van der Waals surface area contributed by atoms with Gasteiger partial charge in [0, 0.05) is 42.4 Å². The summed E-state index contributed by atoms with van der Waals surface area (Å²) in [5.74, 6) is 2.50. The highest BCUT2D eigenvalue weighted by Gasteiger charge is 2.17. The van der Waals surface area contributed by atoms with Crippen LogP contribution in [0.15, 0.2) is 174 Å². The topological polar surface area (TPSA) is 64.7 Å². The minimum absolute atomic E-state index is 0.620. The van der Waals surface area contributed by atoms with Crippen LogP contribution in [0.5, 0.6) is 0 Å². The van der Waals surface area contributed by atoms with Crippen LogP contribution in [0, 0.1) is 0 Å². The molecule has 0 fully saturated rings. The molecule has 54 heavy (non-hydrogen) atoms. The lowest BCUT2D eigenvalue weighted by molar-refractivity contribution is 0.620. The number of nitrogens with zero attached hydrogens (tertiary/aromatic N) is 4. The molecule has 0 amide bonds. The first-order valence-electron chi connectivity index (χ1n) is 17.9. The Labute approximate surface area is 313 Å². The van der Waals surface area contributed by atoms with Crippen molar-refractivity contribution in [2.24, 2.45) is 0 Å². The number of fused-ring (bicyclic) bond motifs is 6. The van der Waals surface area contributed by atoms with Crippen LogP contribution in [-0.2, 0) is 0 Å². The van der Waals surface area contributed by atoms with Crippen molar-refractivity contribution in [1.29, 1.82) is 0 Å². The van der Waals surface area contributed by atoms with Gasteiger partial charge in [0.15, 0.2) is 23.1 Å². The average molecular weight is 709 g/mol. The van der Waals surface area contributed by atoms with Crippen molar-refractivity contribution < 1.29 is 4.42 Å². The Morgan fingerprint density at radius 1 is 0.352 bits per heavy atom. The molecule has 11 aromatic rings. The highest BCUT2D eigenvalue weighted by atomic mass is 32.1. The van der Waals surface area contributed by atoms with E-state index < -0.39 is 0 Å². The third-order valence-corrected chi connectivity index (χ3v) is 11.3. The van der Waals surface area contributed by atoms with Crippen LogP contribution in [0.1, 0.15) is 0 Å². The first kappa shape index (κ1) is 30.6. The summed E-state index contributed by atoms with van der Waals surface area (Å²) in [5.41, 5.74) is 7.67. The van der Waals surface area contributed by atoms with Crippen LogP contribution in [-0.4, -0.2) is 19.9 Å². The molecular formula is C48H28N4OS. The second-order valence-corrected chi connectivity index (χ2v) is 14.6. The monoisotopic (exact) mass is 708 g/mol. The van der Waals surface area contributed by atoms with Gasteiger partial charge in [0.25, 0.3) is 0 Å². The van der Waals surface area contributed by atoms with Crippen molar-refractivity contribution in [2.75, 3.05) is 0 Å². The van der Waals surface area contributed by atoms with Gasteiger partial charge in [-0.05, 0) is 81.2 Å². The Balaban J connectivity index is 1.03. The van der Waals surface area contributed by atoms with Crippen LogP contribution >= 0.6 is 11.3 Å². The second kappa shape index (κ2) is 12.3. The Hall–Kier alpha value is -7.02. The number of rotatable bonds is 5. The molecular weight excluding hydrogens is 681 g/mol. The molecule has 3 aromatic heterocycles. The summed E-state index contributed by atoms with van der Waals surface area (Å²) < 4.78 is 8.73. The van der Waals surface area contributed by atoms with E-state index in [-0.39, 0.29) is 0 Å². The number of benzene rings is 8. The first-order chi connectivity index (χ1) is 26.7. The molecule has 3 heterocycles. The minimum atomic E-state index is 0.620. The van der Waals surface area contributed by atoms with E-state index in [0.717, 1.165) is 65.2 Å². The van der Waals surface area contributed by atoms with E-state index in [1.807, 2.05) is 6.07 Å². The fraction of sp³-hybridized carbons (Fsp3) is 0. The van der Waals surface area contributed by atoms with Crippen LogP contribution in [0.25, 0.3) is 110 Å². The molecule has 6 heteroatoms. The number of oxazole rings is 1. The third-order valence-electron chi connectivity index (χ3n) is 10.1. The maximum atomic E-state index is 6.40. The predicted molar refractivity (Wildman–Crippen MR) is 222 cm³/mol. The number of aromatic nitrogens is 4. The molecule has 0 unspecified atom stereocenters. The predicted octanol–water partition coefficient (Wildman–Crippen LogP) is 13.0. The van der Waals surface area contributed by atoms with E-state index in [4.69, 9.17) is 24.4 Å². The van der Waals surface area contributed by atoms with Crippen molar-refractivity contribution in [1.82, 2.24) is 19.9 Å². The minimum Gasteiger partial charge on any atom is -0.436 e. The van der Waals surface area contributed by atoms with E-state index in [1.165, 1.54) is 21.0 Å². The van der Waals surface area contributed by atoms with E-state index in [2.05, 4.69) is 164 Å². The molecule has 252 valence electrons. The van der Waals surface area contributed by atoms with Gasteiger partial charge >= 0.3 is 0 Å². The van der Waals surface area contributed by atoms with E-state index in [9.17, 15) is 0 Å². The summed E-state index contributed by atoms with van der Waals surface area (Å²) in [6.45, 7) is 0. The van der Waals surface area contributed by atoms with E-state index in [1.54, 1.807) is 11.3 Å². The molecule has 0 saturated heterocycles. The van der Waals surface area contributed by atoms with Gasteiger partial charge in [-0.25, -0.2) is 19.9 Å². The summed E-state index contributed by atoms with van der Waals surface area (Å²) in [6, 6.07) is 59.0. The van der Waals surface area contributed by atoms with Gasteiger partial charge in [0.2, 0.25) is 5.89 Å². The van der Waals surface area contributed by atoms with E-state index >= 15 is 0 Å². The Morgan fingerprint density at radius 3 is 1.59 bits per heavy atom. The van der Waals surface area contributed by atoms with Crippen molar-refractivity contribution >= 4 is 64.2 Å². The summed E-state index contributed by atoms with van der Waals surface area (Å²) in [6.07, 6.45) is 0. The van der Waals surface area contributed by atoms with Gasteiger partial charge in [-0.2, -0.15) is 0 Å². The maximum Gasteiger partial charge on any atom is 0.227 e. The number of thiophene rings is 1. The number of hydrogen-bond acceptors (Lipinski definition) is 6. The molecule has 0 aliphatic rings. The molecule has 11 rings (SSSR count). The fourth-order valence-electron chi connectivity index (χ4n) is 7.32. The summed E-state index contributed by atoms with van der Waals surface area (Å²) in [4.78, 5) is 20.2. The molecule has 8 aromatic carbocycles. The lowest BCUT2D eigenvalue weighted by Gasteiger charge is -2.10. The zero-order valence-electron chi connectivity index (χ0n) is 28.8. The zero-order chi connectivity index (χ0) is 35.6. The van der Waals surface area contributed by atoms with Crippen LogP contribution in [0.2, 0.25) is 0 Å². The average Bonchev–Trinajstić information content (AvgIpc) is 3.83. The van der Waals surface area contributed by atoms with E-state index in [0.29, 0.717) is 23.4 Å². The smallest absolute Gasteiger partial charge is 0.227 e. The molecule has 0 spiro atoms. The summed E-state index contributed by atoms with van der Waals surface area (Å²) in [7, 11) is 0. The van der Waals surface area contributed by atoms with Gasteiger partial charge in [-0.3, -0.25) is 0 Å². The first-order valence-corrected chi connectivity index (χ1v) is 18.7. The van der Waals surface area contributed by atoms with Gasteiger partial charge < -0.3 is 4.42 Å². The third kappa shape index (κ3) is 5.31. The van der Waals surface area contributed by atoms with Gasteiger partial charge in [-0.15, -0.1) is 11.3 Å². The van der Waals surface area contributed by atoms with Crippen LogP contribution < -0.4 is 0 Å². The van der Waals surface area contributed by atoms with Gasteiger partial charge in [0.05, 0.1) is 0 Å². The maximum absolute atomic E-state index is 6.40. The highest BCUT2D eigenvalue weighted by Crippen LogP contribution is 2.40. The standard InChI is InChI=1S/C48H28N4OS/c1-2-8-29(9-3-1)32-14-18-33(19-15-32)45-50-46(36-20-16-30-10-4-6-12-34(30)24-36)52-47(51-45)37-22-23-43-39(26-37)40-27-42-41(28-44(40)54-43)49-48(53-42)38-21-17-31-11-5-7-13-35(31)25-38/h1-28H. The van der Waals surface area contributed by atoms with Gasteiger partial charge in [0.1, 0.15) is 5.52 Å². The summed E-state index contributed by atoms with van der Waals surface area (Å²) >= 11 is 1.75. The molecule has 0 atom stereocenters. The molecule has 0 bridgehead atoms. The summed E-state index contributed by atoms with van der Waals surface area (Å²) in [5, 5.41) is 6.90. The fourth-order valence-corrected chi connectivity index (χ4v) is 8.42. The Bertz CT molecular complexity index is 3220. The molecule has 0 aliphatic heterocycles. The second-order valence-electron chi connectivity index (χ2n) is 13.5. The lowest BCUT2D eigenvalue weighted by Crippen LogP contribution is -2.00. The molecule has 0 radical (unpaired) electrons. The quantitative estimate of drug-likeness (QED) is 0.178. The number of hydrogen-bond donors (Lipinski definition) is 0. The Morgan fingerprint density at radius 2 is 0.870 bits per heavy atom. The molecule has 0 saturated carbocycles. The zero-order valence-corrected chi connectivity index (χ0v) is 29.6. The Kier molecular flexibility index (Phi) is 6.97. The van der Waals surface area contributed by atoms with Crippen molar-refractivity contribution in [3.05, 3.63) is 170 Å². The molecule has 0 aliphatic carbocycles. The van der Waals surface area contributed by atoms with Crippen LogP contribution in [0.3, 0.4) is 0 Å². The van der Waals surface area contributed by atoms with Crippen LogP contribution in [0.4, 0.5) is 0 Å². The van der Waals surface area contributed by atoms with Crippen molar-refractivity contribution in [3.8, 4) is 56.7 Å². The van der Waals surface area contributed by atoms with Gasteiger partial charge in [-0.1, -0.05) is 121 Å².